The molecule has 2 N–H and O–H groups in total. The van der Waals surface area contributed by atoms with E-state index in [4.69, 9.17) is 4.74 Å². The van der Waals surface area contributed by atoms with E-state index in [2.05, 4.69) is 15.2 Å². The molecule has 3 aromatic rings. The minimum absolute atomic E-state index is 0.160. The SMILES string of the molecule is COc1ccc(C(=O)N/N=C\c2ccccc2NS(=O)(=O)c2ccc(C)cc2)cc1. The molecule has 3 rings (SSSR count). The van der Waals surface area contributed by atoms with Crippen LogP contribution in [0.2, 0.25) is 0 Å². The number of carbonyl (C=O) groups is 1. The Morgan fingerprint density at radius 2 is 1.63 bits per heavy atom. The molecule has 154 valence electrons. The van der Waals surface area contributed by atoms with Gasteiger partial charge in [0.25, 0.3) is 15.9 Å². The van der Waals surface area contributed by atoms with Crippen molar-refractivity contribution in [3.05, 3.63) is 89.5 Å². The minimum atomic E-state index is -3.75. The number of hydrogen-bond donors (Lipinski definition) is 2. The summed E-state index contributed by atoms with van der Waals surface area (Å²) in [6, 6.07) is 19.9. The monoisotopic (exact) mass is 423 g/mol. The Hall–Kier alpha value is -3.65. The van der Waals surface area contributed by atoms with Crippen LogP contribution in [0.4, 0.5) is 5.69 Å². The highest BCUT2D eigenvalue weighted by Gasteiger charge is 2.15. The first-order chi connectivity index (χ1) is 14.4. The fourth-order valence-electron chi connectivity index (χ4n) is 2.59. The topological polar surface area (TPSA) is 96.9 Å². The molecule has 30 heavy (non-hydrogen) atoms. The molecule has 0 saturated carbocycles. The van der Waals surface area contributed by atoms with Gasteiger partial charge in [-0.3, -0.25) is 9.52 Å². The van der Waals surface area contributed by atoms with E-state index in [0.717, 1.165) is 5.56 Å². The molecule has 0 radical (unpaired) electrons. The molecule has 0 atom stereocenters. The fraction of sp³-hybridized carbons (Fsp3) is 0.0909. The minimum Gasteiger partial charge on any atom is -0.497 e. The van der Waals surface area contributed by atoms with Gasteiger partial charge in [0.15, 0.2) is 0 Å². The third-order valence-corrected chi connectivity index (χ3v) is 5.64. The third-order valence-electron chi connectivity index (χ3n) is 4.26. The van der Waals surface area contributed by atoms with E-state index in [0.29, 0.717) is 22.6 Å². The number of amides is 1. The summed E-state index contributed by atoms with van der Waals surface area (Å²) < 4.78 is 32.9. The first-order valence-corrected chi connectivity index (χ1v) is 10.5. The molecule has 8 heteroatoms. The van der Waals surface area contributed by atoms with Gasteiger partial charge < -0.3 is 4.74 Å². The molecule has 0 heterocycles. The summed E-state index contributed by atoms with van der Waals surface area (Å²) in [6.07, 6.45) is 1.38. The molecule has 7 nitrogen and oxygen atoms in total. The molecule has 0 aliphatic carbocycles. The van der Waals surface area contributed by atoms with Crippen molar-refractivity contribution in [3.63, 3.8) is 0 Å². The number of anilines is 1. The van der Waals surface area contributed by atoms with Crippen LogP contribution in [0.3, 0.4) is 0 Å². The van der Waals surface area contributed by atoms with E-state index in [1.54, 1.807) is 79.9 Å². The van der Waals surface area contributed by atoms with Gasteiger partial charge in [-0.1, -0.05) is 35.9 Å². The van der Waals surface area contributed by atoms with Crippen LogP contribution in [0.1, 0.15) is 21.5 Å². The maximum atomic E-state index is 12.6. The summed E-state index contributed by atoms with van der Waals surface area (Å²) in [5.74, 6) is 0.247. The summed E-state index contributed by atoms with van der Waals surface area (Å²) in [4.78, 5) is 12.3. The van der Waals surface area contributed by atoms with Crippen molar-refractivity contribution < 1.29 is 17.9 Å². The lowest BCUT2D eigenvalue weighted by Crippen LogP contribution is -2.18. The number of benzene rings is 3. The fourth-order valence-corrected chi connectivity index (χ4v) is 3.68. The quantitative estimate of drug-likeness (QED) is 0.448. The van der Waals surface area contributed by atoms with Crippen LogP contribution in [0.25, 0.3) is 0 Å². The molecule has 0 saturated heterocycles. The number of ether oxygens (including phenoxy) is 1. The number of carbonyl (C=O) groups excluding carboxylic acids is 1. The van der Waals surface area contributed by atoms with E-state index in [1.165, 1.54) is 6.21 Å². The van der Waals surface area contributed by atoms with Gasteiger partial charge in [0.1, 0.15) is 5.75 Å². The molecule has 0 unspecified atom stereocenters. The number of hydrazone groups is 1. The lowest BCUT2D eigenvalue weighted by molar-refractivity contribution is 0.0955. The predicted octanol–water partition coefficient (Wildman–Crippen LogP) is 3.57. The summed E-state index contributed by atoms with van der Waals surface area (Å²) in [5.41, 5.74) is 4.66. The lowest BCUT2D eigenvalue weighted by Gasteiger charge is -2.10. The number of nitrogens with zero attached hydrogens (tertiary/aromatic N) is 1. The number of rotatable bonds is 7. The molecule has 0 bridgehead atoms. The molecular formula is C22H21N3O4S. The highest BCUT2D eigenvalue weighted by atomic mass is 32.2. The summed E-state index contributed by atoms with van der Waals surface area (Å²) >= 11 is 0. The Morgan fingerprint density at radius 3 is 2.30 bits per heavy atom. The van der Waals surface area contributed by atoms with E-state index >= 15 is 0 Å². The summed E-state index contributed by atoms with van der Waals surface area (Å²) in [7, 11) is -2.21. The molecule has 1 amide bonds. The van der Waals surface area contributed by atoms with Crippen LogP contribution >= 0.6 is 0 Å². The van der Waals surface area contributed by atoms with E-state index < -0.39 is 15.9 Å². The zero-order valence-corrected chi connectivity index (χ0v) is 17.3. The van der Waals surface area contributed by atoms with E-state index in [9.17, 15) is 13.2 Å². The van der Waals surface area contributed by atoms with Crippen molar-refractivity contribution in [1.29, 1.82) is 0 Å². The maximum absolute atomic E-state index is 12.6. The van der Waals surface area contributed by atoms with Crippen LogP contribution in [0.5, 0.6) is 5.75 Å². The number of sulfonamides is 1. The van der Waals surface area contributed by atoms with Gasteiger partial charge in [0.05, 0.1) is 23.9 Å². The van der Waals surface area contributed by atoms with Gasteiger partial charge >= 0.3 is 0 Å². The van der Waals surface area contributed by atoms with Crippen molar-refractivity contribution in [1.82, 2.24) is 5.43 Å². The standard InChI is InChI=1S/C22H21N3O4S/c1-16-7-13-20(14-8-16)30(27,28)25-21-6-4-3-5-18(21)15-23-24-22(26)17-9-11-19(29-2)12-10-17/h3-15,25H,1-2H3,(H,24,26)/b23-15-. The van der Waals surface area contributed by atoms with Crippen LogP contribution in [-0.4, -0.2) is 27.6 Å². The Labute approximate surface area is 175 Å². The lowest BCUT2D eigenvalue weighted by atomic mass is 10.2. The van der Waals surface area contributed by atoms with Crippen LogP contribution in [0, 0.1) is 6.92 Å². The normalized spacial score (nSPS) is 11.3. The van der Waals surface area contributed by atoms with Gasteiger partial charge in [-0.25, -0.2) is 13.8 Å². The molecule has 0 aromatic heterocycles. The third kappa shape index (κ3) is 5.24. The molecule has 0 aliphatic rings. The van der Waals surface area contributed by atoms with Gasteiger partial charge in [-0.15, -0.1) is 0 Å². The summed E-state index contributed by atoms with van der Waals surface area (Å²) in [5, 5.41) is 3.94. The highest BCUT2D eigenvalue weighted by molar-refractivity contribution is 7.92. The van der Waals surface area contributed by atoms with Gasteiger partial charge in [0, 0.05) is 11.1 Å². The molecule has 0 aliphatic heterocycles. The number of methoxy groups -OCH3 is 1. The van der Waals surface area contributed by atoms with Crippen LogP contribution < -0.4 is 14.9 Å². The number of nitrogens with one attached hydrogen (secondary N) is 2. The van der Waals surface area contributed by atoms with Crippen molar-refractivity contribution >= 4 is 27.8 Å². The molecule has 3 aromatic carbocycles. The van der Waals surface area contributed by atoms with Crippen molar-refractivity contribution in [2.24, 2.45) is 5.10 Å². The molecule has 0 spiro atoms. The second-order valence-electron chi connectivity index (χ2n) is 6.43. The largest absolute Gasteiger partial charge is 0.497 e. The average Bonchev–Trinajstić information content (AvgIpc) is 2.75. The predicted molar refractivity (Wildman–Crippen MR) is 116 cm³/mol. The van der Waals surface area contributed by atoms with Crippen LogP contribution in [-0.2, 0) is 10.0 Å². The number of aryl methyl sites for hydroxylation is 1. The second-order valence-corrected chi connectivity index (χ2v) is 8.12. The van der Waals surface area contributed by atoms with E-state index in [1.807, 2.05) is 6.92 Å². The van der Waals surface area contributed by atoms with Gasteiger partial charge in [-0.05, 0) is 49.4 Å². The average molecular weight is 423 g/mol. The van der Waals surface area contributed by atoms with Gasteiger partial charge in [-0.2, -0.15) is 5.10 Å². The van der Waals surface area contributed by atoms with Crippen LogP contribution in [0.15, 0.2) is 82.8 Å². The Balaban J connectivity index is 1.73. The Morgan fingerprint density at radius 1 is 0.967 bits per heavy atom. The maximum Gasteiger partial charge on any atom is 0.271 e. The van der Waals surface area contributed by atoms with Gasteiger partial charge in [0.2, 0.25) is 0 Å². The number of para-hydroxylation sites is 1. The molecule has 0 fully saturated rings. The second kappa shape index (κ2) is 9.23. The van der Waals surface area contributed by atoms with E-state index in [-0.39, 0.29) is 4.90 Å². The Kier molecular flexibility index (Phi) is 6.48. The Bertz CT molecular complexity index is 1160. The zero-order chi connectivity index (χ0) is 21.6. The summed E-state index contributed by atoms with van der Waals surface area (Å²) in [6.45, 7) is 1.88. The van der Waals surface area contributed by atoms with Crippen molar-refractivity contribution in [2.75, 3.05) is 11.8 Å². The zero-order valence-electron chi connectivity index (χ0n) is 16.5. The smallest absolute Gasteiger partial charge is 0.271 e. The first-order valence-electron chi connectivity index (χ1n) is 9.05. The molecular weight excluding hydrogens is 402 g/mol. The van der Waals surface area contributed by atoms with Crippen molar-refractivity contribution in [3.8, 4) is 5.75 Å². The number of hydrogen-bond acceptors (Lipinski definition) is 5. The highest BCUT2D eigenvalue weighted by Crippen LogP contribution is 2.19. The first kappa shape index (κ1) is 21.1. The van der Waals surface area contributed by atoms with Crippen molar-refractivity contribution in [2.45, 2.75) is 11.8 Å².